The summed E-state index contributed by atoms with van der Waals surface area (Å²) in [5.74, 6) is -1.40. The zero-order valence-corrected chi connectivity index (χ0v) is 25.0. The first kappa shape index (κ1) is 32.2. The maximum Gasteiger partial charge on any atom is 0.244 e. The zero-order valence-electron chi connectivity index (χ0n) is 25.0. The average molecular weight is 602 g/mol. The van der Waals surface area contributed by atoms with E-state index >= 15 is 0 Å². The highest BCUT2D eigenvalue weighted by Crippen LogP contribution is 2.22. The number of benzene rings is 3. The van der Waals surface area contributed by atoms with Gasteiger partial charge in [-0.25, -0.2) is 9.38 Å². The Bertz CT molecular complexity index is 1520. The molecule has 0 aliphatic carbocycles. The van der Waals surface area contributed by atoms with Crippen LogP contribution in [0.5, 0.6) is 0 Å². The van der Waals surface area contributed by atoms with Gasteiger partial charge in [0.2, 0.25) is 17.7 Å². The van der Waals surface area contributed by atoms with E-state index in [-0.39, 0.29) is 48.6 Å². The van der Waals surface area contributed by atoms with Gasteiger partial charge in [-0.2, -0.15) is 0 Å². The summed E-state index contributed by atoms with van der Waals surface area (Å²) >= 11 is 0. The highest BCUT2D eigenvalue weighted by atomic mass is 19.1. The van der Waals surface area contributed by atoms with Crippen LogP contribution in [0.1, 0.15) is 30.9 Å². The van der Waals surface area contributed by atoms with Crippen LogP contribution >= 0.6 is 0 Å². The molecule has 0 saturated carbocycles. The van der Waals surface area contributed by atoms with Crippen LogP contribution in [0.3, 0.4) is 0 Å². The van der Waals surface area contributed by atoms with Crippen LogP contribution in [0.15, 0.2) is 77.8 Å². The lowest BCUT2D eigenvalue weighted by Crippen LogP contribution is -2.57. The molecule has 44 heavy (non-hydrogen) atoms. The summed E-state index contributed by atoms with van der Waals surface area (Å²) in [4.78, 5) is 46.0. The number of nitrogens with two attached hydrogens (primary N) is 2. The topological polar surface area (TPSA) is 155 Å². The van der Waals surface area contributed by atoms with Crippen LogP contribution in [0, 0.1) is 5.82 Å². The summed E-state index contributed by atoms with van der Waals surface area (Å²) in [6.45, 7) is 2.37. The van der Waals surface area contributed by atoms with Gasteiger partial charge in [0.1, 0.15) is 17.9 Å². The number of carbonyl (C=O) groups is 3. The monoisotopic (exact) mass is 601 g/mol. The van der Waals surface area contributed by atoms with E-state index in [4.69, 9.17) is 11.5 Å². The molecular formula is C33H40FN7O3. The molecule has 7 N–H and O–H groups in total. The van der Waals surface area contributed by atoms with Gasteiger partial charge in [-0.05, 0) is 52.9 Å². The van der Waals surface area contributed by atoms with E-state index in [1.165, 1.54) is 18.2 Å². The van der Waals surface area contributed by atoms with Gasteiger partial charge in [-0.15, -0.1) is 0 Å². The molecule has 0 spiro atoms. The molecule has 0 aromatic heterocycles. The summed E-state index contributed by atoms with van der Waals surface area (Å²) in [5.41, 5.74) is 13.0. The Kier molecular flexibility index (Phi) is 11.0. The van der Waals surface area contributed by atoms with Crippen LogP contribution in [-0.2, 0) is 20.8 Å². The van der Waals surface area contributed by atoms with Gasteiger partial charge < -0.3 is 27.0 Å². The number of carbonyl (C=O) groups excluding carboxylic acids is 3. The normalized spacial score (nSPS) is 18.4. The third-order valence-corrected chi connectivity index (χ3v) is 7.79. The Morgan fingerprint density at radius 3 is 2.52 bits per heavy atom. The molecule has 3 aromatic rings. The third-order valence-electron chi connectivity index (χ3n) is 7.79. The van der Waals surface area contributed by atoms with Crippen molar-refractivity contribution < 1.29 is 18.8 Å². The Hall–Kier alpha value is -4.77. The molecule has 1 unspecified atom stereocenters. The Morgan fingerprint density at radius 1 is 1.11 bits per heavy atom. The summed E-state index contributed by atoms with van der Waals surface area (Å²) in [5, 5.41) is 11.1. The van der Waals surface area contributed by atoms with E-state index in [0.29, 0.717) is 24.8 Å². The van der Waals surface area contributed by atoms with Crippen molar-refractivity contribution in [3.8, 4) is 0 Å². The molecule has 0 radical (unpaired) electrons. The standard InChI is InChI=1S/C33H40FN7O3/c1-3-27(40-33(35)36)30-32(44)41(28(31(43)37-2)19-22-8-12-23-6-4-5-7-24(23)18-22)17-16-26(39-30)20-38-29(42)15-11-21-9-13-25(34)14-10-21/h4-15,18,26-28,30,39H,3,16-17,19-20H2,1-2H3,(H,37,43)(H,38,42)(H4,35,36,40)/b15-11+/t26-,27?,28+,30+/m1/s1. The SMILES string of the molecule is CCC(N=C(N)N)[C@@H]1N[C@@H](CNC(=O)/C=C/c2ccc(F)cc2)CCN([C@@H](Cc2ccc3ccccc3c2)C(=O)NC)C1=O. The second kappa shape index (κ2) is 15.1. The number of hydrogen-bond donors (Lipinski definition) is 5. The fourth-order valence-electron chi connectivity index (χ4n) is 5.46. The smallest absolute Gasteiger partial charge is 0.244 e. The lowest BCUT2D eigenvalue weighted by Gasteiger charge is -2.33. The number of fused-ring (bicyclic) bond motifs is 1. The summed E-state index contributed by atoms with van der Waals surface area (Å²) in [6.07, 6.45) is 4.21. The van der Waals surface area contributed by atoms with Crippen LogP contribution in [0.2, 0.25) is 0 Å². The van der Waals surface area contributed by atoms with Gasteiger partial charge in [0.05, 0.1) is 6.04 Å². The number of hydrogen-bond acceptors (Lipinski definition) is 5. The average Bonchev–Trinajstić information content (AvgIpc) is 3.19. The van der Waals surface area contributed by atoms with E-state index < -0.39 is 18.1 Å². The van der Waals surface area contributed by atoms with Crippen molar-refractivity contribution in [2.75, 3.05) is 20.1 Å². The van der Waals surface area contributed by atoms with E-state index in [0.717, 1.165) is 16.3 Å². The predicted octanol–water partition coefficient (Wildman–Crippen LogP) is 2.08. The Labute approximate surface area is 256 Å². The molecule has 1 aliphatic heterocycles. The molecule has 1 fully saturated rings. The maximum atomic E-state index is 14.2. The van der Waals surface area contributed by atoms with Gasteiger partial charge in [0.15, 0.2) is 5.96 Å². The highest BCUT2D eigenvalue weighted by Gasteiger charge is 2.40. The minimum Gasteiger partial charge on any atom is -0.370 e. The second-order valence-corrected chi connectivity index (χ2v) is 10.8. The Morgan fingerprint density at radius 2 is 1.84 bits per heavy atom. The van der Waals surface area contributed by atoms with Crippen LogP contribution < -0.4 is 27.4 Å². The van der Waals surface area contributed by atoms with E-state index in [9.17, 15) is 18.8 Å². The quantitative estimate of drug-likeness (QED) is 0.129. The van der Waals surface area contributed by atoms with Gasteiger partial charge in [-0.1, -0.05) is 61.5 Å². The highest BCUT2D eigenvalue weighted by molar-refractivity contribution is 5.92. The number of nitrogens with zero attached hydrogens (tertiary/aromatic N) is 2. The van der Waals surface area contributed by atoms with Gasteiger partial charge in [-0.3, -0.25) is 19.7 Å². The number of guanidine groups is 1. The lowest BCUT2D eigenvalue weighted by atomic mass is 9.98. The summed E-state index contributed by atoms with van der Waals surface area (Å²) in [7, 11) is 1.56. The number of nitrogens with one attached hydrogen (secondary N) is 3. The van der Waals surface area contributed by atoms with Crippen molar-refractivity contribution in [1.29, 1.82) is 0 Å². The maximum absolute atomic E-state index is 14.2. The molecule has 10 nitrogen and oxygen atoms in total. The van der Waals surface area contributed by atoms with E-state index in [2.05, 4.69) is 20.9 Å². The van der Waals surface area contributed by atoms with E-state index in [1.54, 1.807) is 30.2 Å². The first-order valence-electron chi connectivity index (χ1n) is 14.7. The molecule has 1 saturated heterocycles. The second-order valence-electron chi connectivity index (χ2n) is 10.8. The minimum absolute atomic E-state index is 0.142. The molecule has 1 aliphatic rings. The van der Waals surface area contributed by atoms with Crippen molar-refractivity contribution in [3.63, 3.8) is 0 Å². The predicted molar refractivity (Wildman–Crippen MR) is 171 cm³/mol. The summed E-state index contributed by atoms with van der Waals surface area (Å²) in [6, 6.07) is 17.3. The van der Waals surface area contributed by atoms with Crippen molar-refractivity contribution in [1.82, 2.24) is 20.9 Å². The molecule has 11 heteroatoms. The van der Waals surface area contributed by atoms with Crippen molar-refractivity contribution in [2.45, 2.75) is 50.4 Å². The van der Waals surface area contributed by atoms with Crippen molar-refractivity contribution >= 4 is 40.5 Å². The fraction of sp³-hybridized carbons (Fsp3) is 0.333. The van der Waals surface area contributed by atoms with Gasteiger partial charge in [0.25, 0.3) is 0 Å². The molecule has 1 heterocycles. The lowest BCUT2D eigenvalue weighted by molar-refractivity contribution is -0.141. The van der Waals surface area contributed by atoms with Crippen LogP contribution in [0.25, 0.3) is 16.8 Å². The molecule has 4 rings (SSSR count). The molecule has 232 valence electrons. The van der Waals surface area contributed by atoms with Gasteiger partial charge in [0, 0.05) is 38.7 Å². The number of likely N-dealkylation sites (N-methyl/N-ethyl adjacent to an activating group) is 1. The molecular weight excluding hydrogens is 561 g/mol. The molecule has 3 aromatic carbocycles. The molecule has 3 amide bonds. The molecule has 4 atom stereocenters. The Balaban J connectivity index is 1.56. The first-order valence-corrected chi connectivity index (χ1v) is 14.7. The number of aliphatic imine (C=N–C) groups is 1. The van der Waals surface area contributed by atoms with Crippen molar-refractivity contribution in [2.24, 2.45) is 16.5 Å². The summed E-state index contributed by atoms with van der Waals surface area (Å²) < 4.78 is 13.2. The zero-order chi connectivity index (χ0) is 31.6. The van der Waals surface area contributed by atoms with Crippen LogP contribution in [-0.4, -0.2) is 72.9 Å². The first-order chi connectivity index (χ1) is 21.2. The van der Waals surface area contributed by atoms with Gasteiger partial charge >= 0.3 is 0 Å². The number of rotatable bonds is 11. The number of amides is 3. The van der Waals surface area contributed by atoms with E-state index in [1.807, 2.05) is 49.4 Å². The van der Waals surface area contributed by atoms with Crippen molar-refractivity contribution in [3.05, 3.63) is 89.8 Å². The third kappa shape index (κ3) is 8.41. The number of halogens is 1. The minimum atomic E-state index is -0.829. The largest absolute Gasteiger partial charge is 0.370 e. The van der Waals surface area contributed by atoms with Crippen LogP contribution in [0.4, 0.5) is 4.39 Å². The fourth-order valence-corrected chi connectivity index (χ4v) is 5.46. The molecule has 0 bridgehead atoms.